The van der Waals surface area contributed by atoms with Crippen molar-refractivity contribution in [2.45, 2.75) is 51.6 Å². The highest BCUT2D eigenvalue weighted by Crippen LogP contribution is 2.19. The summed E-state index contributed by atoms with van der Waals surface area (Å²) in [7, 11) is 0. The average molecular weight is 184 g/mol. The molecular formula is C10H20N2O. The van der Waals surface area contributed by atoms with E-state index in [0.29, 0.717) is 6.04 Å². The van der Waals surface area contributed by atoms with Crippen LogP contribution in [0.1, 0.15) is 39.5 Å². The molecule has 0 saturated carbocycles. The molecule has 0 aromatic heterocycles. The molecule has 3 heteroatoms. The molecular weight excluding hydrogens is 164 g/mol. The molecule has 3 nitrogen and oxygen atoms in total. The van der Waals surface area contributed by atoms with Gasteiger partial charge in [-0.25, -0.2) is 0 Å². The molecule has 1 fully saturated rings. The fraction of sp³-hybridized carbons (Fsp3) is 0.900. The van der Waals surface area contributed by atoms with Crippen molar-refractivity contribution < 1.29 is 4.79 Å². The van der Waals surface area contributed by atoms with E-state index in [4.69, 9.17) is 5.73 Å². The van der Waals surface area contributed by atoms with Crippen LogP contribution in [-0.4, -0.2) is 29.4 Å². The third-order valence-electron chi connectivity index (χ3n) is 2.77. The molecule has 0 aromatic rings. The van der Waals surface area contributed by atoms with Crippen LogP contribution in [0.5, 0.6) is 0 Å². The molecule has 13 heavy (non-hydrogen) atoms. The Kier molecular flexibility index (Phi) is 3.72. The van der Waals surface area contributed by atoms with E-state index >= 15 is 0 Å². The molecule has 2 N–H and O–H groups in total. The molecule has 2 atom stereocenters. The van der Waals surface area contributed by atoms with Crippen LogP contribution in [0.25, 0.3) is 0 Å². The van der Waals surface area contributed by atoms with Crippen molar-refractivity contribution in [2.75, 3.05) is 6.54 Å². The Balaban J connectivity index is 2.58. The predicted molar refractivity (Wildman–Crippen MR) is 53.3 cm³/mol. The zero-order valence-electron chi connectivity index (χ0n) is 8.62. The topological polar surface area (TPSA) is 46.3 Å². The number of nitrogens with zero attached hydrogens (tertiary/aromatic N) is 1. The Hall–Kier alpha value is -0.570. The van der Waals surface area contributed by atoms with Gasteiger partial charge in [0.15, 0.2) is 0 Å². The van der Waals surface area contributed by atoms with Gasteiger partial charge in [-0.1, -0.05) is 6.92 Å². The predicted octanol–water partition coefficient (Wildman–Crippen LogP) is 1.12. The summed E-state index contributed by atoms with van der Waals surface area (Å²) >= 11 is 0. The van der Waals surface area contributed by atoms with Gasteiger partial charge in [-0.15, -0.1) is 0 Å². The fourth-order valence-electron chi connectivity index (χ4n) is 1.98. The average Bonchev–Trinajstić information content (AvgIpc) is 2.16. The Labute approximate surface area is 80.3 Å². The smallest absolute Gasteiger partial charge is 0.239 e. The van der Waals surface area contributed by atoms with Gasteiger partial charge in [0, 0.05) is 12.6 Å². The number of hydrogen-bond acceptors (Lipinski definition) is 2. The lowest BCUT2D eigenvalue weighted by Gasteiger charge is -2.36. The second-order valence-corrected chi connectivity index (χ2v) is 3.88. The standard InChI is InChI=1S/C10H20N2O/c1-3-9-6-4-5-7-12(9)10(13)8(2)11/h8-9H,3-7,11H2,1-2H3. The fourth-order valence-corrected chi connectivity index (χ4v) is 1.98. The summed E-state index contributed by atoms with van der Waals surface area (Å²) in [4.78, 5) is 13.6. The van der Waals surface area contributed by atoms with Gasteiger partial charge >= 0.3 is 0 Å². The van der Waals surface area contributed by atoms with Crippen LogP contribution in [0.3, 0.4) is 0 Å². The number of carbonyl (C=O) groups excluding carboxylic acids is 1. The molecule has 1 heterocycles. The lowest BCUT2D eigenvalue weighted by atomic mass is 9.99. The quantitative estimate of drug-likeness (QED) is 0.699. The zero-order chi connectivity index (χ0) is 9.84. The lowest BCUT2D eigenvalue weighted by Crippen LogP contribution is -2.49. The summed E-state index contributed by atoms with van der Waals surface area (Å²) in [5, 5.41) is 0. The lowest BCUT2D eigenvalue weighted by molar-refractivity contribution is -0.135. The summed E-state index contributed by atoms with van der Waals surface area (Å²) in [6.45, 7) is 4.81. The summed E-state index contributed by atoms with van der Waals surface area (Å²) < 4.78 is 0. The van der Waals surface area contributed by atoms with Crippen LogP contribution in [-0.2, 0) is 4.79 Å². The van der Waals surface area contributed by atoms with Gasteiger partial charge < -0.3 is 10.6 Å². The van der Waals surface area contributed by atoms with E-state index in [1.54, 1.807) is 6.92 Å². The number of piperidine rings is 1. The minimum absolute atomic E-state index is 0.117. The zero-order valence-corrected chi connectivity index (χ0v) is 8.62. The minimum atomic E-state index is -0.341. The van der Waals surface area contributed by atoms with Crippen LogP contribution >= 0.6 is 0 Å². The monoisotopic (exact) mass is 184 g/mol. The Morgan fingerprint density at radius 2 is 2.31 bits per heavy atom. The number of amides is 1. The number of likely N-dealkylation sites (tertiary alicyclic amines) is 1. The maximum absolute atomic E-state index is 11.7. The molecule has 1 aliphatic heterocycles. The SMILES string of the molecule is CCC1CCCCN1C(=O)C(C)N. The van der Waals surface area contributed by atoms with E-state index in [0.717, 1.165) is 25.8 Å². The van der Waals surface area contributed by atoms with Crippen LogP contribution in [0.2, 0.25) is 0 Å². The number of hydrogen-bond donors (Lipinski definition) is 1. The van der Waals surface area contributed by atoms with Crippen molar-refractivity contribution in [1.29, 1.82) is 0 Å². The van der Waals surface area contributed by atoms with Gasteiger partial charge in [0.05, 0.1) is 6.04 Å². The molecule has 1 amide bonds. The van der Waals surface area contributed by atoms with Crippen LogP contribution in [0.4, 0.5) is 0 Å². The summed E-state index contributed by atoms with van der Waals surface area (Å²) in [5.74, 6) is 0.117. The van der Waals surface area contributed by atoms with Gasteiger partial charge in [-0.2, -0.15) is 0 Å². The van der Waals surface area contributed by atoms with E-state index in [1.807, 2.05) is 4.90 Å². The molecule has 1 rings (SSSR count). The van der Waals surface area contributed by atoms with Gasteiger partial charge in [-0.3, -0.25) is 4.79 Å². The van der Waals surface area contributed by atoms with E-state index in [-0.39, 0.29) is 11.9 Å². The second kappa shape index (κ2) is 4.61. The van der Waals surface area contributed by atoms with Crippen LogP contribution in [0.15, 0.2) is 0 Å². The first-order chi connectivity index (χ1) is 6.16. The van der Waals surface area contributed by atoms with Crippen molar-refractivity contribution in [3.05, 3.63) is 0 Å². The van der Waals surface area contributed by atoms with Crippen LogP contribution < -0.4 is 5.73 Å². The van der Waals surface area contributed by atoms with E-state index in [9.17, 15) is 4.79 Å². The maximum Gasteiger partial charge on any atom is 0.239 e. The largest absolute Gasteiger partial charge is 0.338 e. The second-order valence-electron chi connectivity index (χ2n) is 3.88. The molecule has 2 unspecified atom stereocenters. The highest BCUT2D eigenvalue weighted by atomic mass is 16.2. The summed E-state index contributed by atoms with van der Waals surface area (Å²) in [6.07, 6.45) is 4.59. The third kappa shape index (κ3) is 2.44. The highest BCUT2D eigenvalue weighted by Gasteiger charge is 2.26. The van der Waals surface area contributed by atoms with Crippen molar-refractivity contribution in [3.8, 4) is 0 Å². The first kappa shape index (κ1) is 10.5. The molecule has 0 aliphatic carbocycles. The normalized spacial score (nSPS) is 25.8. The number of rotatable bonds is 2. The van der Waals surface area contributed by atoms with Crippen molar-refractivity contribution in [1.82, 2.24) is 4.90 Å². The molecule has 0 radical (unpaired) electrons. The Bertz CT molecular complexity index is 180. The minimum Gasteiger partial charge on any atom is -0.338 e. The first-order valence-corrected chi connectivity index (χ1v) is 5.23. The Morgan fingerprint density at radius 1 is 1.62 bits per heavy atom. The van der Waals surface area contributed by atoms with Crippen molar-refractivity contribution in [3.63, 3.8) is 0 Å². The summed E-state index contributed by atoms with van der Waals surface area (Å²) in [6, 6.07) is 0.0967. The molecule has 1 saturated heterocycles. The van der Waals surface area contributed by atoms with Gasteiger partial charge in [0.2, 0.25) is 5.91 Å². The van der Waals surface area contributed by atoms with Crippen molar-refractivity contribution >= 4 is 5.91 Å². The number of nitrogens with two attached hydrogens (primary N) is 1. The molecule has 1 aliphatic rings. The van der Waals surface area contributed by atoms with Gasteiger partial charge in [-0.05, 0) is 32.6 Å². The summed E-state index contributed by atoms with van der Waals surface area (Å²) in [5.41, 5.74) is 5.59. The van der Waals surface area contributed by atoms with Crippen molar-refractivity contribution in [2.24, 2.45) is 5.73 Å². The van der Waals surface area contributed by atoms with Gasteiger partial charge in [0.1, 0.15) is 0 Å². The maximum atomic E-state index is 11.7. The van der Waals surface area contributed by atoms with E-state index < -0.39 is 0 Å². The van der Waals surface area contributed by atoms with E-state index in [1.165, 1.54) is 6.42 Å². The molecule has 76 valence electrons. The first-order valence-electron chi connectivity index (χ1n) is 5.23. The Morgan fingerprint density at radius 3 is 2.85 bits per heavy atom. The molecule has 0 aromatic carbocycles. The third-order valence-corrected chi connectivity index (χ3v) is 2.77. The van der Waals surface area contributed by atoms with Crippen LogP contribution in [0, 0.1) is 0 Å². The number of carbonyl (C=O) groups is 1. The van der Waals surface area contributed by atoms with E-state index in [2.05, 4.69) is 6.92 Å². The molecule has 0 spiro atoms. The van der Waals surface area contributed by atoms with Gasteiger partial charge in [0.25, 0.3) is 0 Å². The highest BCUT2D eigenvalue weighted by molar-refractivity contribution is 5.81. The molecule has 0 bridgehead atoms.